The van der Waals surface area contributed by atoms with Gasteiger partial charge in [0.25, 0.3) is 0 Å². The monoisotopic (exact) mass is 311 g/mol. The number of nitrogens with two attached hydrogens (primary N) is 1. The molecule has 1 aromatic carbocycles. The van der Waals surface area contributed by atoms with E-state index in [1.807, 2.05) is 12.1 Å². The molecule has 0 bridgehead atoms. The molecule has 5 heteroatoms. The van der Waals surface area contributed by atoms with E-state index in [1.165, 1.54) is 0 Å². The molecule has 2 nitrogen and oxygen atoms in total. The zero-order valence-corrected chi connectivity index (χ0v) is 12.3. The Hall–Kier alpha value is -1.18. The van der Waals surface area contributed by atoms with E-state index in [0.717, 1.165) is 9.75 Å². The Morgan fingerprint density at radius 3 is 2.58 bits per heavy atom. The summed E-state index contributed by atoms with van der Waals surface area (Å²) < 4.78 is 5.65. The van der Waals surface area contributed by atoms with Gasteiger partial charge in [0.15, 0.2) is 5.75 Å². The number of hydrogen-bond acceptors (Lipinski definition) is 3. The second-order valence-electron chi connectivity index (χ2n) is 3.61. The maximum absolute atomic E-state index is 6.03. The van der Waals surface area contributed by atoms with E-state index < -0.39 is 0 Å². The third-order valence-electron chi connectivity index (χ3n) is 2.25. The number of hydrogen-bond donors (Lipinski definition) is 1. The van der Waals surface area contributed by atoms with Gasteiger partial charge in [0, 0.05) is 4.88 Å². The predicted octanol–water partition coefficient (Wildman–Crippen LogP) is 3.94. The van der Waals surface area contributed by atoms with Crippen LogP contribution in [0.1, 0.15) is 9.75 Å². The van der Waals surface area contributed by atoms with E-state index in [4.69, 9.17) is 33.7 Å². The van der Waals surface area contributed by atoms with Crippen LogP contribution in [0.25, 0.3) is 0 Å². The summed E-state index contributed by atoms with van der Waals surface area (Å²) in [6, 6.07) is 9.18. The van der Waals surface area contributed by atoms with Crippen molar-refractivity contribution in [3.63, 3.8) is 0 Å². The molecule has 0 fully saturated rings. The lowest BCUT2D eigenvalue weighted by Gasteiger charge is -2.08. The topological polar surface area (TPSA) is 35.2 Å². The molecule has 0 aliphatic heterocycles. The Bertz CT molecular complexity index is 608. The van der Waals surface area contributed by atoms with Gasteiger partial charge in [-0.3, -0.25) is 0 Å². The summed E-state index contributed by atoms with van der Waals surface area (Å²) in [6.07, 6.45) is 0. The lowest BCUT2D eigenvalue weighted by atomic mass is 10.3. The highest BCUT2D eigenvalue weighted by molar-refractivity contribution is 7.12. The normalized spacial score (nSPS) is 9.84. The van der Waals surface area contributed by atoms with Gasteiger partial charge in [-0.05, 0) is 24.3 Å². The summed E-state index contributed by atoms with van der Waals surface area (Å²) in [7, 11) is 0. The highest BCUT2D eigenvalue weighted by Crippen LogP contribution is 2.33. The summed E-state index contributed by atoms with van der Waals surface area (Å²) in [5, 5.41) is 1.01. The Morgan fingerprint density at radius 1 is 1.16 bits per heavy atom. The van der Waals surface area contributed by atoms with Crippen molar-refractivity contribution >= 4 is 34.5 Å². The first kappa shape index (κ1) is 14.2. The minimum absolute atomic E-state index is 0.360. The minimum Gasteiger partial charge on any atom is -0.485 e. The number of rotatable bonds is 3. The third-order valence-corrected chi connectivity index (χ3v) is 3.82. The lowest BCUT2D eigenvalue weighted by Crippen LogP contribution is -1.94. The predicted molar refractivity (Wildman–Crippen MR) is 81.0 cm³/mol. The molecule has 1 aromatic heterocycles. The van der Waals surface area contributed by atoms with Crippen LogP contribution in [0, 0.1) is 11.8 Å². The highest BCUT2D eigenvalue weighted by atomic mass is 35.5. The van der Waals surface area contributed by atoms with Gasteiger partial charge in [0.05, 0.1) is 21.5 Å². The van der Waals surface area contributed by atoms with Crippen LogP contribution in [-0.2, 0) is 6.61 Å². The van der Waals surface area contributed by atoms with Crippen molar-refractivity contribution in [1.29, 1.82) is 0 Å². The van der Waals surface area contributed by atoms with Crippen molar-refractivity contribution < 1.29 is 4.74 Å². The van der Waals surface area contributed by atoms with Gasteiger partial charge < -0.3 is 10.5 Å². The van der Waals surface area contributed by atoms with Crippen LogP contribution < -0.4 is 10.5 Å². The maximum Gasteiger partial charge on any atom is 0.157 e. The first-order valence-electron chi connectivity index (χ1n) is 5.55. The molecular weight excluding hydrogens is 301 g/mol. The molecule has 0 unspecified atom stereocenters. The van der Waals surface area contributed by atoms with Crippen molar-refractivity contribution in [2.45, 2.75) is 6.61 Å². The average molecular weight is 312 g/mol. The molecule has 2 aromatic rings. The summed E-state index contributed by atoms with van der Waals surface area (Å²) in [5.41, 5.74) is 5.33. The van der Waals surface area contributed by atoms with Crippen LogP contribution in [0.15, 0.2) is 30.3 Å². The maximum atomic E-state index is 6.03. The van der Waals surface area contributed by atoms with Crippen LogP contribution >= 0.6 is 34.5 Å². The SMILES string of the molecule is NCC#Cc1ccc(COc2c(Cl)cccc2Cl)s1. The second-order valence-corrected chi connectivity index (χ2v) is 5.59. The number of halogens is 2. The van der Waals surface area contributed by atoms with Gasteiger partial charge in [-0.25, -0.2) is 0 Å². The summed E-state index contributed by atoms with van der Waals surface area (Å²) in [5.74, 6) is 6.30. The summed E-state index contributed by atoms with van der Waals surface area (Å²) in [4.78, 5) is 2.02. The molecule has 0 spiro atoms. The molecule has 0 saturated heterocycles. The Labute approximate surface area is 126 Å². The molecule has 2 rings (SSSR count). The minimum atomic E-state index is 0.360. The van der Waals surface area contributed by atoms with Gasteiger partial charge in [0.1, 0.15) is 6.61 Å². The van der Waals surface area contributed by atoms with Crippen LogP contribution in [0.5, 0.6) is 5.75 Å². The first-order valence-corrected chi connectivity index (χ1v) is 7.12. The fourth-order valence-electron chi connectivity index (χ4n) is 1.42. The standard InChI is InChI=1S/C14H11Cl2NOS/c15-12-4-1-5-13(16)14(12)18-9-11-7-6-10(19-11)3-2-8-17/h1,4-7H,8-9,17H2. The molecule has 98 valence electrons. The Balaban J connectivity index is 2.04. The average Bonchev–Trinajstić information content (AvgIpc) is 2.84. The van der Waals surface area contributed by atoms with Gasteiger partial charge in [-0.1, -0.05) is 41.1 Å². The summed E-state index contributed by atoms with van der Waals surface area (Å²) in [6.45, 7) is 0.775. The van der Waals surface area contributed by atoms with Crippen LogP contribution in [-0.4, -0.2) is 6.54 Å². The quantitative estimate of drug-likeness (QED) is 0.871. The number of ether oxygens (including phenoxy) is 1. The highest BCUT2D eigenvalue weighted by Gasteiger charge is 2.07. The van der Waals surface area contributed by atoms with E-state index >= 15 is 0 Å². The molecule has 0 aliphatic rings. The molecule has 1 heterocycles. The van der Waals surface area contributed by atoms with Gasteiger partial charge in [-0.15, -0.1) is 11.3 Å². The van der Waals surface area contributed by atoms with Crippen molar-refractivity contribution in [2.24, 2.45) is 5.73 Å². The number of para-hydroxylation sites is 1. The largest absolute Gasteiger partial charge is 0.485 e. The van der Waals surface area contributed by atoms with Crippen molar-refractivity contribution in [3.8, 4) is 17.6 Å². The van der Waals surface area contributed by atoms with E-state index in [9.17, 15) is 0 Å². The molecular formula is C14H11Cl2NOS. The molecule has 0 saturated carbocycles. The summed E-state index contributed by atoms with van der Waals surface area (Å²) >= 11 is 13.6. The number of benzene rings is 1. The molecule has 19 heavy (non-hydrogen) atoms. The lowest BCUT2D eigenvalue weighted by molar-refractivity contribution is 0.310. The Kier molecular flexibility index (Phi) is 5.12. The van der Waals surface area contributed by atoms with E-state index in [2.05, 4.69) is 11.8 Å². The number of thiophene rings is 1. The molecule has 0 radical (unpaired) electrons. The van der Waals surface area contributed by atoms with Gasteiger partial charge in [0.2, 0.25) is 0 Å². The fraction of sp³-hybridized carbons (Fsp3) is 0.143. The molecule has 0 amide bonds. The molecule has 0 atom stereocenters. The van der Waals surface area contributed by atoms with Crippen LogP contribution in [0.2, 0.25) is 10.0 Å². The Morgan fingerprint density at radius 2 is 1.89 bits per heavy atom. The van der Waals surface area contributed by atoms with Crippen molar-refractivity contribution in [3.05, 3.63) is 50.1 Å². The van der Waals surface area contributed by atoms with Crippen LogP contribution in [0.3, 0.4) is 0 Å². The van der Waals surface area contributed by atoms with Crippen molar-refractivity contribution in [2.75, 3.05) is 6.54 Å². The smallest absolute Gasteiger partial charge is 0.157 e. The van der Waals surface area contributed by atoms with Gasteiger partial charge in [-0.2, -0.15) is 0 Å². The second kappa shape index (κ2) is 6.83. The zero-order valence-electron chi connectivity index (χ0n) is 9.95. The first-order chi connectivity index (χ1) is 9.20. The van der Waals surface area contributed by atoms with Gasteiger partial charge >= 0.3 is 0 Å². The van der Waals surface area contributed by atoms with E-state index in [-0.39, 0.29) is 0 Å². The molecule has 2 N–H and O–H groups in total. The zero-order chi connectivity index (χ0) is 13.7. The fourth-order valence-corrected chi connectivity index (χ4v) is 2.73. The third kappa shape index (κ3) is 3.89. The van der Waals surface area contributed by atoms with Crippen LogP contribution in [0.4, 0.5) is 0 Å². The van der Waals surface area contributed by atoms with E-state index in [0.29, 0.717) is 28.9 Å². The van der Waals surface area contributed by atoms with Crippen molar-refractivity contribution in [1.82, 2.24) is 0 Å². The molecule has 0 aliphatic carbocycles. The van der Waals surface area contributed by atoms with E-state index in [1.54, 1.807) is 29.5 Å².